The molecule has 0 saturated heterocycles. The van der Waals surface area contributed by atoms with Gasteiger partial charge in [0, 0.05) is 18.9 Å². The molecule has 0 aliphatic heterocycles. The lowest BCUT2D eigenvalue weighted by atomic mass is 10.0. The summed E-state index contributed by atoms with van der Waals surface area (Å²) < 4.78 is 0. The van der Waals surface area contributed by atoms with Crippen LogP contribution in [0.3, 0.4) is 0 Å². The lowest BCUT2D eigenvalue weighted by molar-refractivity contribution is 0.191. The molecule has 0 saturated carbocycles. The molecule has 0 bridgehead atoms. The Morgan fingerprint density at radius 2 is 1.45 bits per heavy atom. The first-order valence-electron chi connectivity index (χ1n) is 7.17. The molecule has 1 aromatic heterocycles. The first-order chi connectivity index (χ1) is 10.8. The summed E-state index contributed by atoms with van der Waals surface area (Å²) in [5.74, 6) is 0.516. The Hall–Kier alpha value is -2.72. The van der Waals surface area contributed by atoms with Gasteiger partial charge < -0.3 is 10.4 Å². The molecule has 1 atom stereocenters. The number of hydrogen-bond donors (Lipinski definition) is 2. The van der Waals surface area contributed by atoms with Crippen LogP contribution in [0.5, 0.6) is 0 Å². The zero-order valence-corrected chi connectivity index (χ0v) is 12.1. The maximum Gasteiger partial charge on any atom is 0.222 e. The predicted octanol–water partition coefficient (Wildman–Crippen LogP) is 3.29. The molecule has 4 nitrogen and oxygen atoms in total. The summed E-state index contributed by atoms with van der Waals surface area (Å²) in [6.45, 7) is 0.370. The van der Waals surface area contributed by atoms with Gasteiger partial charge in [0.05, 0.1) is 6.10 Å². The highest BCUT2D eigenvalue weighted by molar-refractivity contribution is 5.63. The predicted molar refractivity (Wildman–Crippen MR) is 87.4 cm³/mol. The summed E-state index contributed by atoms with van der Waals surface area (Å²) in [6.07, 6.45) is 2.72. The fraction of sp³-hybridized carbons (Fsp3) is 0.111. The van der Waals surface area contributed by atoms with Crippen LogP contribution in [0.2, 0.25) is 0 Å². The SMILES string of the molecule is OC(CNc1ncccn1)c1ccc(-c2ccccc2)cc1. The molecule has 3 rings (SSSR count). The van der Waals surface area contributed by atoms with Crippen molar-refractivity contribution in [3.05, 3.63) is 78.6 Å². The molecule has 1 unspecified atom stereocenters. The number of benzene rings is 2. The van der Waals surface area contributed by atoms with Crippen molar-refractivity contribution in [3.8, 4) is 11.1 Å². The van der Waals surface area contributed by atoms with E-state index in [1.165, 1.54) is 5.56 Å². The lowest BCUT2D eigenvalue weighted by Gasteiger charge is -2.12. The van der Waals surface area contributed by atoms with Crippen LogP contribution in [0, 0.1) is 0 Å². The van der Waals surface area contributed by atoms with Gasteiger partial charge in [-0.15, -0.1) is 0 Å². The van der Waals surface area contributed by atoms with E-state index >= 15 is 0 Å². The first-order valence-corrected chi connectivity index (χ1v) is 7.17. The molecule has 22 heavy (non-hydrogen) atoms. The summed E-state index contributed by atoms with van der Waals surface area (Å²) in [6, 6.07) is 19.9. The summed E-state index contributed by atoms with van der Waals surface area (Å²) in [5, 5.41) is 13.2. The van der Waals surface area contributed by atoms with Gasteiger partial charge in [0.15, 0.2) is 0 Å². The van der Waals surface area contributed by atoms with E-state index < -0.39 is 6.10 Å². The molecule has 1 heterocycles. The highest BCUT2D eigenvalue weighted by Gasteiger charge is 2.08. The summed E-state index contributed by atoms with van der Waals surface area (Å²) in [4.78, 5) is 8.13. The monoisotopic (exact) mass is 291 g/mol. The van der Waals surface area contributed by atoms with Gasteiger partial charge in [-0.2, -0.15) is 0 Å². The Morgan fingerprint density at radius 3 is 2.14 bits per heavy atom. The highest BCUT2D eigenvalue weighted by atomic mass is 16.3. The van der Waals surface area contributed by atoms with E-state index in [9.17, 15) is 5.11 Å². The van der Waals surface area contributed by atoms with E-state index in [4.69, 9.17) is 0 Å². The Kier molecular flexibility index (Phi) is 4.41. The Balaban J connectivity index is 1.65. The van der Waals surface area contributed by atoms with Gasteiger partial charge in [-0.3, -0.25) is 0 Å². The summed E-state index contributed by atoms with van der Waals surface area (Å²) >= 11 is 0. The minimum absolute atomic E-state index is 0.370. The largest absolute Gasteiger partial charge is 0.387 e. The fourth-order valence-corrected chi connectivity index (χ4v) is 2.22. The number of rotatable bonds is 5. The van der Waals surface area contributed by atoms with Crippen LogP contribution in [0.25, 0.3) is 11.1 Å². The van der Waals surface area contributed by atoms with Crippen molar-refractivity contribution < 1.29 is 5.11 Å². The van der Waals surface area contributed by atoms with Crippen molar-refractivity contribution >= 4 is 5.95 Å². The molecule has 0 amide bonds. The van der Waals surface area contributed by atoms with Crippen molar-refractivity contribution in [2.75, 3.05) is 11.9 Å². The van der Waals surface area contributed by atoms with Gasteiger partial charge in [0.1, 0.15) is 0 Å². The lowest BCUT2D eigenvalue weighted by Crippen LogP contribution is -2.13. The summed E-state index contributed by atoms with van der Waals surface area (Å²) in [7, 11) is 0. The van der Waals surface area contributed by atoms with E-state index in [0.717, 1.165) is 11.1 Å². The average molecular weight is 291 g/mol. The molecule has 110 valence electrons. The second kappa shape index (κ2) is 6.83. The van der Waals surface area contributed by atoms with Gasteiger partial charge in [0.2, 0.25) is 5.95 Å². The van der Waals surface area contributed by atoms with Gasteiger partial charge >= 0.3 is 0 Å². The average Bonchev–Trinajstić information content (AvgIpc) is 2.61. The zero-order valence-electron chi connectivity index (χ0n) is 12.1. The van der Waals surface area contributed by atoms with Gasteiger partial charge in [-0.1, -0.05) is 54.6 Å². The third-order valence-electron chi connectivity index (χ3n) is 3.42. The molecule has 0 radical (unpaired) electrons. The van der Waals surface area contributed by atoms with Crippen LogP contribution in [-0.4, -0.2) is 21.6 Å². The van der Waals surface area contributed by atoms with E-state index in [-0.39, 0.29) is 0 Å². The molecule has 3 aromatic rings. The number of nitrogens with zero attached hydrogens (tertiary/aromatic N) is 2. The van der Waals surface area contributed by atoms with Crippen molar-refractivity contribution in [2.45, 2.75) is 6.10 Å². The van der Waals surface area contributed by atoms with Crippen LogP contribution < -0.4 is 5.32 Å². The minimum Gasteiger partial charge on any atom is -0.387 e. The van der Waals surface area contributed by atoms with E-state index in [1.54, 1.807) is 18.5 Å². The number of nitrogens with one attached hydrogen (secondary N) is 1. The number of aromatic nitrogens is 2. The van der Waals surface area contributed by atoms with Gasteiger partial charge in [0.25, 0.3) is 0 Å². The number of hydrogen-bond acceptors (Lipinski definition) is 4. The highest BCUT2D eigenvalue weighted by Crippen LogP contribution is 2.21. The van der Waals surface area contributed by atoms with Crippen molar-refractivity contribution in [1.82, 2.24) is 9.97 Å². The molecule has 2 N–H and O–H groups in total. The fourth-order valence-electron chi connectivity index (χ4n) is 2.22. The molecular weight excluding hydrogens is 274 g/mol. The standard InChI is InChI=1S/C18H17N3O/c22-17(13-21-18-19-11-4-12-20-18)16-9-7-15(8-10-16)14-5-2-1-3-6-14/h1-12,17,22H,13H2,(H,19,20,21). The van der Waals surface area contributed by atoms with Crippen LogP contribution in [-0.2, 0) is 0 Å². The van der Waals surface area contributed by atoms with Crippen molar-refractivity contribution in [3.63, 3.8) is 0 Å². The number of aliphatic hydroxyl groups excluding tert-OH is 1. The van der Waals surface area contributed by atoms with Crippen LogP contribution in [0.1, 0.15) is 11.7 Å². The normalized spacial score (nSPS) is 11.9. The maximum absolute atomic E-state index is 10.2. The molecule has 4 heteroatoms. The van der Waals surface area contributed by atoms with Crippen LogP contribution >= 0.6 is 0 Å². The molecule has 0 aliphatic rings. The maximum atomic E-state index is 10.2. The van der Waals surface area contributed by atoms with Crippen LogP contribution in [0.4, 0.5) is 5.95 Å². The van der Waals surface area contributed by atoms with E-state index in [0.29, 0.717) is 12.5 Å². The first kappa shape index (κ1) is 14.2. The Labute approximate surface area is 129 Å². The zero-order chi connectivity index (χ0) is 15.2. The second-order valence-electron chi connectivity index (χ2n) is 4.96. The van der Waals surface area contributed by atoms with E-state index in [2.05, 4.69) is 27.4 Å². The van der Waals surface area contributed by atoms with Crippen LogP contribution in [0.15, 0.2) is 73.1 Å². The molecule has 0 fully saturated rings. The number of aliphatic hydroxyl groups is 1. The second-order valence-corrected chi connectivity index (χ2v) is 4.96. The van der Waals surface area contributed by atoms with Crippen molar-refractivity contribution in [2.24, 2.45) is 0 Å². The molecule has 2 aromatic carbocycles. The quantitative estimate of drug-likeness (QED) is 0.757. The Bertz CT molecular complexity index is 699. The van der Waals surface area contributed by atoms with Gasteiger partial charge in [-0.05, 0) is 22.8 Å². The topological polar surface area (TPSA) is 58.0 Å². The third kappa shape index (κ3) is 3.48. The molecule has 0 aliphatic carbocycles. The minimum atomic E-state index is -0.603. The summed E-state index contributed by atoms with van der Waals surface area (Å²) in [5.41, 5.74) is 3.17. The third-order valence-corrected chi connectivity index (χ3v) is 3.42. The van der Waals surface area contributed by atoms with Gasteiger partial charge in [-0.25, -0.2) is 9.97 Å². The van der Waals surface area contributed by atoms with Crippen molar-refractivity contribution in [1.29, 1.82) is 0 Å². The molecule has 0 spiro atoms. The Morgan fingerprint density at radius 1 is 0.818 bits per heavy atom. The smallest absolute Gasteiger partial charge is 0.222 e. The number of anilines is 1. The van der Waals surface area contributed by atoms with E-state index in [1.807, 2.05) is 42.5 Å². The molecular formula is C18H17N3O.